The Bertz CT molecular complexity index is 2070. The zero-order valence-corrected chi connectivity index (χ0v) is 35.7. The van der Waals surface area contributed by atoms with E-state index < -0.39 is 118 Å². The minimum atomic E-state index is -2.41. The van der Waals surface area contributed by atoms with Crippen molar-refractivity contribution >= 4 is 35.8 Å². The van der Waals surface area contributed by atoms with Crippen LogP contribution >= 0.6 is 0 Å². The van der Waals surface area contributed by atoms with Gasteiger partial charge in [-0.2, -0.15) is 0 Å². The summed E-state index contributed by atoms with van der Waals surface area (Å²) in [5.74, 6) is -6.25. The van der Waals surface area contributed by atoms with Crippen molar-refractivity contribution in [2.75, 3.05) is 6.61 Å². The van der Waals surface area contributed by atoms with Gasteiger partial charge in [0.25, 0.3) is 0 Å². The van der Waals surface area contributed by atoms with Crippen molar-refractivity contribution in [2.24, 2.45) is 16.7 Å². The van der Waals surface area contributed by atoms with E-state index in [0.717, 1.165) is 6.92 Å². The van der Waals surface area contributed by atoms with Crippen molar-refractivity contribution in [3.63, 3.8) is 0 Å². The molecular weight excluding hydrogens is 798 g/mol. The number of rotatable bonds is 10. The molecule has 1 aliphatic heterocycles. The summed E-state index contributed by atoms with van der Waals surface area (Å²) in [6.07, 6.45) is -10.5. The SMILES string of the molecule is CCC(=O)O[C@H]1C[C@H]2OC[C@@]2(OC(C)=O)C2C(OC(=O)c3ccccc3)[C@]3(O)CC(OC(=O)C(O)C(NC(=O)OC(C)(C)C)c4ccco4)C(C)=C([C@@H](O)C(=O)[C@@]21C)C3(C)C. The Morgan fingerprint density at radius 1 is 1.00 bits per heavy atom. The highest BCUT2D eigenvalue weighted by Gasteiger charge is 2.78. The van der Waals surface area contributed by atoms with Crippen LogP contribution in [0.3, 0.4) is 0 Å². The van der Waals surface area contributed by atoms with E-state index in [-0.39, 0.29) is 41.9 Å². The number of benzene rings is 1. The first-order valence-corrected chi connectivity index (χ1v) is 20.3. The van der Waals surface area contributed by atoms with Gasteiger partial charge in [0.15, 0.2) is 17.5 Å². The summed E-state index contributed by atoms with van der Waals surface area (Å²) in [6, 6.07) is 9.15. The van der Waals surface area contributed by atoms with Gasteiger partial charge in [0.1, 0.15) is 53.5 Å². The van der Waals surface area contributed by atoms with Crippen molar-refractivity contribution in [1.29, 1.82) is 0 Å². The van der Waals surface area contributed by atoms with Crippen molar-refractivity contribution in [2.45, 2.75) is 141 Å². The number of fused-ring (bicyclic) bond motifs is 5. The number of aliphatic hydroxyl groups excluding tert-OH is 2. The molecule has 2 saturated carbocycles. The maximum Gasteiger partial charge on any atom is 0.408 e. The van der Waals surface area contributed by atoms with E-state index in [2.05, 4.69) is 5.32 Å². The van der Waals surface area contributed by atoms with Gasteiger partial charge >= 0.3 is 30.0 Å². The van der Waals surface area contributed by atoms with Gasteiger partial charge in [-0.1, -0.05) is 39.0 Å². The molecule has 1 aromatic heterocycles. The van der Waals surface area contributed by atoms with Crippen LogP contribution in [0.15, 0.2) is 64.3 Å². The molecule has 0 spiro atoms. The second-order valence-electron chi connectivity index (χ2n) is 18.0. The van der Waals surface area contributed by atoms with Gasteiger partial charge in [0.2, 0.25) is 0 Å². The van der Waals surface area contributed by atoms with Crippen LogP contribution in [-0.2, 0) is 47.6 Å². The topological polar surface area (TPSA) is 244 Å². The lowest BCUT2D eigenvalue weighted by Crippen LogP contribution is -2.82. The van der Waals surface area contributed by atoms with Crippen LogP contribution in [0.4, 0.5) is 4.79 Å². The summed E-state index contributed by atoms with van der Waals surface area (Å²) >= 11 is 0. The van der Waals surface area contributed by atoms with E-state index in [1.54, 1.807) is 45.9 Å². The highest BCUT2D eigenvalue weighted by Crippen LogP contribution is 2.64. The lowest BCUT2D eigenvalue weighted by Gasteiger charge is -2.67. The number of amides is 1. The van der Waals surface area contributed by atoms with E-state index in [0.29, 0.717) is 0 Å². The number of ketones is 1. The smallest absolute Gasteiger partial charge is 0.408 e. The number of carbonyl (C=O) groups is 6. The zero-order valence-electron chi connectivity index (χ0n) is 35.7. The second-order valence-corrected chi connectivity index (χ2v) is 18.0. The fraction of sp³-hybridized carbons (Fsp3) is 0.591. The lowest BCUT2D eigenvalue weighted by atomic mass is 9.44. The molecule has 2 aromatic rings. The lowest BCUT2D eigenvalue weighted by molar-refractivity contribution is -0.346. The van der Waals surface area contributed by atoms with Crippen LogP contribution in [0.25, 0.3) is 0 Å². The van der Waals surface area contributed by atoms with Gasteiger partial charge in [-0.15, -0.1) is 0 Å². The number of aliphatic hydroxyl groups is 3. The highest BCUT2D eigenvalue weighted by molar-refractivity contribution is 5.94. The molecule has 332 valence electrons. The molecule has 4 N–H and O–H groups in total. The van der Waals surface area contributed by atoms with Crippen LogP contribution in [0.1, 0.15) is 104 Å². The predicted octanol–water partition coefficient (Wildman–Crippen LogP) is 3.81. The first-order chi connectivity index (χ1) is 28.4. The standard InChI is InChI=1S/C44H55NO16/c1-10-29(47)58-27-19-28-43(21-56-28,60-23(3)46)34-36(59-37(51)24-15-12-11-13-16-24)44(54)20-26(22(2)30(41(44,7)8)32(48)35(50)42(27,34)9)57-38(52)33(49)31(25-17-14-18-55-25)45-39(53)61-40(4,5)6/h11-18,26-28,31-34,36,48-49,54H,10,19-21H2,1-9H3,(H,45,53)/t26?,27-,28+,31?,32+,33?,34?,36?,42+,43-,44+/m0/s1. The molecule has 0 radical (unpaired) electrons. The van der Waals surface area contributed by atoms with E-state index in [1.807, 2.05) is 0 Å². The van der Waals surface area contributed by atoms with Gasteiger partial charge in [0, 0.05) is 31.6 Å². The molecule has 17 nitrogen and oxygen atoms in total. The normalized spacial score (nSPS) is 32.6. The van der Waals surface area contributed by atoms with Gasteiger partial charge < -0.3 is 53.5 Å². The Labute approximate surface area is 353 Å². The molecule has 17 heteroatoms. The van der Waals surface area contributed by atoms with Crippen LogP contribution in [-0.4, -0.2) is 111 Å². The van der Waals surface area contributed by atoms with Crippen LogP contribution < -0.4 is 5.32 Å². The van der Waals surface area contributed by atoms with Crippen molar-refractivity contribution in [3.05, 3.63) is 71.2 Å². The van der Waals surface area contributed by atoms with Crippen molar-refractivity contribution < 1.29 is 76.9 Å². The quantitative estimate of drug-likeness (QED) is 0.151. The molecule has 4 aliphatic rings. The van der Waals surface area contributed by atoms with Gasteiger partial charge in [-0.3, -0.25) is 14.4 Å². The van der Waals surface area contributed by atoms with Crippen LogP contribution in [0.2, 0.25) is 0 Å². The van der Waals surface area contributed by atoms with Gasteiger partial charge in [-0.25, -0.2) is 14.4 Å². The monoisotopic (exact) mass is 853 g/mol. The van der Waals surface area contributed by atoms with Crippen molar-refractivity contribution in [3.8, 4) is 0 Å². The molecule has 5 unspecified atom stereocenters. The number of alkyl carbamates (subject to hydrolysis) is 1. The third-order valence-corrected chi connectivity index (χ3v) is 12.8. The van der Waals surface area contributed by atoms with Crippen LogP contribution in [0, 0.1) is 16.7 Å². The van der Waals surface area contributed by atoms with E-state index in [1.165, 1.54) is 58.2 Å². The molecule has 1 saturated heterocycles. The Kier molecular flexibility index (Phi) is 12.1. The fourth-order valence-corrected chi connectivity index (χ4v) is 9.72. The van der Waals surface area contributed by atoms with E-state index in [9.17, 15) is 39.3 Å². The molecule has 1 aromatic carbocycles. The number of hydrogen-bond donors (Lipinski definition) is 4. The summed E-state index contributed by atoms with van der Waals surface area (Å²) in [4.78, 5) is 82.6. The van der Waals surface area contributed by atoms with Gasteiger partial charge in [0.05, 0.1) is 29.8 Å². The van der Waals surface area contributed by atoms with E-state index >= 15 is 4.79 Å². The average molecular weight is 854 g/mol. The fourth-order valence-electron chi connectivity index (χ4n) is 9.72. The number of esters is 4. The zero-order chi connectivity index (χ0) is 45.0. The number of hydrogen-bond acceptors (Lipinski definition) is 16. The molecule has 1 amide bonds. The summed E-state index contributed by atoms with van der Waals surface area (Å²) in [7, 11) is 0. The third-order valence-electron chi connectivity index (χ3n) is 12.8. The first kappa shape index (κ1) is 45.4. The highest BCUT2D eigenvalue weighted by atomic mass is 16.6. The number of Topliss-reactive ketones (excluding diaryl/α,β-unsaturated/α-hetero) is 1. The number of ether oxygens (including phenoxy) is 6. The van der Waals surface area contributed by atoms with Gasteiger partial charge in [-0.05, 0) is 70.0 Å². The molecule has 6 rings (SSSR count). The Morgan fingerprint density at radius 2 is 1.67 bits per heavy atom. The van der Waals surface area contributed by atoms with Crippen molar-refractivity contribution in [1.82, 2.24) is 5.32 Å². The molecule has 3 fully saturated rings. The third kappa shape index (κ3) is 7.85. The maximum atomic E-state index is 15.3. The predicted molar refractivity (Wildman–Crippen MR) is 210 cm³/mol. The summed E-state index contributed by atoms with van der Waals surface area (Å²) in [5.41, 5.74) is -8.76. The molecule has 2 bridgehead atoms. The Balaban J connectivity index is 1.52. The molecule has 3 aliphatic carbocycles. The molecule has 11 atom stereocenters. The average Bonchev–Trinajstić information content (AvgIpc) is 3.72. The minimum absolute atomic E-state index is 0.0317. The number of nitrogens with one attached hydrogen (secondary N) is 1. The number of carbonyl (C=O) groups excluding carboxylic acids is 6. The minimum Gasteiger partial charge on any atom is -0.467 e. The van der Waals surface area contributed by atoms with Crippen LogP contribution in [0.5, 0.6) is 0 Å². The maximum absolute atomic E-state index is 15.3. The summed E-state index contributed by atoms with van der Waals surface area (Å²) in [6.45, 7) is 13.2. The Morgan fingerprint density at radius 3 is 2.23 bits per heavy atom. The number of furan rings is 1. The molecule has 2 heterocycles. The second kappa shape index (κ2) is 16.3. The molecule has 61 heavy (non-hydrogen) atoms. The molecular formula is C44H55NO16. The van der Waals surface area contributed by atoms with E-state index in [4.69, 9.17) is 32.8 Å². The first-order valence-electron chi connectivity index (χ1n) is 20.3. The summed E-state index contributed by atoms with van der Waals surface area (Å²) < 4.78 is 41.1. The largest absolute Gasteiger partial charge is 0.467 e. The summed E-state index contributed by atoms with van der Waals surface area (Å²) in [5, 5.41) is 40.0. The Hall–Kier alpha value is -5.10.